The van der Waals surface area contributed by atoms with Crippen molar-refractivity contribution in [1.82, 2.24) is 15.1 Å². The summed E-state index contributed by atoms with van der Waals surface area (Å²) in [4.78, 5) is 29.1. The van der Waals surface area contributed by atoms with Gasteiger partial charge in [0.25, 0.3) is 0 Å². The second-order valence-corrected chi connectivity index (χ2v) is 12.0. The van der Waals surface area contributed by atoms with E-state index in [2.05, 4.69) is 5.32 Å². The Hall–Kier alpha value is -4.22. The van der Waals surface area contributed by atoms with Crippen LogP contribution < -0.4 is 10.1 Å². The minimum Gasteiger partial charge on any atom is -0.457 e. The van der Waals surface area contributed by atoms with E-state index in [1.807, 2.05) is 13.0 Å². The molecule has 2 amide bonds. The molecule has 0 aromatic heterocycles. The SMILES string of the molecule is C/C=C(\C(=C/N(C=O)C1C(=O)NCc2cc(cc(C)c2F)-c2c(C)cccc2Oc2ccc(Cl)c1c2)CCN1CC(F)C1)C(F)(F)F. The van der Waals surface area contributed by atoms with Gasteiger partial charge in [0.15, 0.2) is 0 Å². The number of carbonyl (C=O) groups is 2. The summed E-state index contributed by atoms with van der Waals surface area (Å²) in [5.74, 6) is -0.692. The van der Waals surface area contributed by atoms with Gasteiger partial charge in [0.2, 0.25) is 12.3 Å². The largest absolute Gasteiger partial charge is 0.457 e. The van der Waals surface area contributed by atoms with Crippen molar-refractivity contribution in [3.05, 3.63) is 105 Å². The maximum Gasteiger partial charge on any atom is 0.416 e. The molecule has 3 aromatic rings. The molecular weight excluding hydrogens is 641 g/mol. The Balaban J connectivity index is 1.65. The molecule has 248 valence electrons. The zero-order chi connectivity index (χ0) is 34.0. The number of hydrogen-bond acceptors (Lipinski definition) is 4. The Labute approximate surface area is 274 Å². The molecule has 2 heterocycles. The fourth-order valence-corrected chi connectivity index (χ4v) is 6.18. The van der Waals surface area contributed by atoms with Crippen LogP contribution in [0.25, 0.3) is 11.1 Å². The molecule has 4 bridgehead atoms. The second kappa shape index (κ2) is 13.9. The highest BCUT2D eigenvalue weighted by atomic mass is 35.5. The van der Waals surface area contributed by atoms with Crippen LogP contribution in [0.5, 0.6) is 11.5 Å². The highest BCUT2D eigenvalue weighted by molar-refractivity contribution is 6.31. The lowest BCUT2D eigenvalue weighted by molar-refractivity contribution is -0.131. The number of carbonyl (C=O) groups excluding carboxylic acids is 2. The molecule has 1 atom stereocenters. The van der Waals surface area contributed by atoms with Crippen molar-refractivity contribution in [3.8, 4) is 22.6 Å². The summed E-state index contributed by atoms with van der Waals surface area (Å²) in [6.07, 6.45) is -3.93. The van der Waals surface area contributed by atoms with Crippen molar-refractivity contribution >= 4 is 23.9 Å². The van der Waals surface area contributed by atoms with Gasteiger partial charge in [0.1, 0.15) is 29.5 Å². The normalized spacial score (nSPS) is 17.7. The number of allylic oxidation sites excluding steroid dienone is 2. The molecule has 0 radical (unpaired) electrons. The number of benzene rings is 3. The van der Waals surface area contributed by atoms with Gasteiger partial charge in [-0.3, -0.25) is 14.5 Å². The summed E-state index contributed by atoms with van der Waals surface area (Å²) in [6.45, 7) is 4.69. The Kier molecular flexibility index (Phi) is 10.1. The van der Waals surface area contributed by atoms with E-state index in [4.69, 9.17) is 16.3 Å². The molecule has 2 aliphatic rings. The van der Waals surface area contributed by atoms with Gasteiger partial charge in [0.05, 0.1) is 5.57 Å². The molecule has 1 unspecified atom stereocenters. The number of hydrogen-bond donors (Lipinski definition) is 1. The zero-order valence-corrected chi connectivity index (χ0v) is 26.7. The van der Waals surface area contributed by atoms with Gasteiger partial charge in [-0.1, -0.05) is 29.8 Å². The van der Waals surface area contributed by atoms with Crippen LogP contribution in [0.1, 0.15) is 41.6 Å². The predicted molar refractivity (Wildman–Crippen MR) is 169 cm³/mol. The van der Waals surface area contributed by atoms with Gasteiger partial charge in [-0.15, -0.1) is 0 Å². The fourth-order valence-electron chi connectivity index (χ4n) is 5.96. The maximum atomic E-state index is 15.4. The van der Waals surface area contributed by atoms with E-state index in [9.17, 15) is 27.2 Å². The Bertz CT molecular complexity index is 1750. The second-order valence-electron chi connectivity index (χ2n) is 11.6. The first kappa shape index (κ1) is 34.1. The molecule has 1 N–H and O–H groups in total. The molecule has 0 saturated carbocycles. The third-order valence-corrected chi connectivity index (χ3v) is 8.66. The number of likely N-dealkylation sites (tertiary alicyclic amines) is 1. The molecular formula is C35H33ClF5N3O3. The zero-order valence-electron chi connectivity index (χ0n) is 25.9. The van der Waals surface area contributed by atoms with E-state index in [1.54, 1.807) is 42.2 Å². The molecule has 0 spiro atoms. The highest BCUT2D eigenvalue weighted by Gasteiger charge is 2.37. The number of rotatable bonds is 7. The molecule has 6 nitrogen and oxygen atoms in total. The number of amides is 2. The maximum absolute atomic E-state index is 15.4. The first-order valence-electron chi connectivity index (χ1n) is 15.0. The van der Waals surface area contributed by atoms with Crippen LogP contribution in [-0.4, -0.2) is 54.1 Å². The molecule has 5 rings (SSSR count). The summed E-state index contributed by atoms with van der Waals surface area (Å²) in [5, 5.41) is 2.70. The van der Waals surface area contributed by atoms with Crippen LogP contribution in [0.2, 0.25) is 5.02 Å². The summed E-state index contributed by atoms with van der Waals surface area (Å²) in [6, 6.07) is 11.6. The monoisotopic (exact) mass is 673 g/mol. The van der Waals surface area contributed by atoms with Crippen molar-refractivity contribution in [2.45, 2.75) is 52.1 Å². The average molecular weight is 674 g/mol. The number of nitrogens with zero attached hydrogens (tertiary/aromatic N) is 2. The van der Waals surface area contributed by atoms with Gasteiger partial charge in [-0.2, -0.15) is 13.2 Å². The number of ether oxygens (including phenoxy) is 1. The van der Waals surface area contributed by atoms with Crippen LogP contribution >= 0.6 is 11.6 Å². The summed E-state index contributed by atoms with van der Waals surface area (Å²) in [5.41, 5.74) is 1.46. The van der Waals surface area contributed by atoms with Gasteiger partial charge < -0.3 is 15.0 Å². The molecule has 3 aromatic carbocycles. The quantitative estimate of drug-likeness (QED) is 0.156. The van der Waals surface area contributed by atoms with Gasteiger partial charge in [0, 0.05) is 54.1 Å². The van der Waals surface area contributed by atoms with Crippen molar-refractivity contribution in [2.75, 3.05) is 19.6 Å². The predicted octanol–water partition coefficient (Wildman–Crippen LogP) is 8.12. The van der Waals surface area contributed by atoms with Crippen molar-refractivity contribution < 1.29 is 36.3 Å². The Morgan fingerprint density at radius 2 is 1.87 bits per heavy atom. The highest BCUT2D eigenvalue weighted by Crippen LogP contribution is 2.41. The fraction of sp³-hybridized carbons (Fsp3) is 0.314. The number of fused-ring (bicyclic) bond motifs is 6. The van der Waals surface area contributed by atoms with E-state index >= 15 is 4.39 Å². The smallest absolute Gasteiger partial charge is 0.416 e. The number of aryl methyl sites for hydroxylation is 2. The minimum atomic E-state index is -4.78. The summed E-state index contributed by atoms with van der Waals surface area (Å²) < 4.78 is 77.7. The topological polar surface area (TPSA) is 61.9 Å². The van der Waals surface area contributed by atoms with E-state index in [1.165, 1.54) is 19.1 Å². The lowest BCUT2D eigenvalue weighted by Crippen LogP contribution is -2.48. The van der Waals surface area contributed by atoms with Crippen LogP contribution in [0, 0.1) is 19.7 Å². The molecule has 47 heavy (non-hydrogen) atoms. The third kappa shape index (κ3) is 7.36. The van der Waals surface area contributed by atoms with Crippen LogP contribution in [0.15, 0.2) is 72.0 Å². The Morgan fingerprint density at radius 3 is 2.53 bits per heavy atom. The molecule has 12 heteroatoms. The molecule has 0 aliphatic carbocycles. The van der Waals surface area contributed by atoms with Crippen LogP contribution in [0.3, 0.4) is 0 Å². The third-order valence-electron chi connectivity index (χ3n) is 8.32. The standard InChI is InChI=1S/C35H33ClF5N3O3/c1-4-28(35(39,40)41)22(10-11-43-17-25(37)18-43)16-44(19-45)33-27-14-26(8-9-29(27)36)47-30-7-5-6-20(2)31(30)23-12-21(3)32(38)24(13-23)15-42-34(33)46/h4-9,12-14,16,19,25,33H,10-11,15,17-18H2,1-3H3,(H,42,46)/b22-16-,28-4+. The van der Waals surface area contributed by atoms with Crippen molar-refractivity contribution in [3.63, 3.8) is 0 Å². The van der Waals surface area contributed by atoms with Gasteiger partial charge in [-0.05, 0) is 85.9 Å². The molecule has 1 saturated heterocycles. The van der Waals surface area contributed by atoms with E-state index in [-0.39, 0.29) is 66.5 Å². The Morgan fingerprint density at radius 1 is 1.13 bits per heavy atom. The van der Waals surface area contributed by atoms with Crippen molar-refractivity contribution in [1.29, 1.82) is 0 Å². The average Bonchev–Trinajstić information content (AvgIpc) is 3.00. The van der Waals surface area contributed by atoms with Crippen LogP contribution in [-0.2, 0) is 16.1 Å². The lowest BCUT2D eigenvalue weighted by Gasteiger charge is -2.35. The molecule has 1 fully saturated rings. The van der Waals surface area contributed by atoms with E-state index in [0.29, 0.717) is 22.4 Å². The number of nitrogens with one attached hydrogen (secondary N) is 1. The van der Waals surface area contributed by atoms with Crippen molar-refractivity contribution in [2.24, 2.45) is 0 Å². The van der Waals surface area contributed by atoms with Gasteiger partial charge in [-0.25, -0.2) is 8.78 Å². The van der Waals surface area contributed by atoms with Crippen LogP contribution in [0.4, 0.5) is 22.0 Å². The van der Waals surface area contributed by atoms with Gasteiger partial charge >= 0.3 is 6.18 Å². The number of halogens is 6. The minimum absolute atomic E-state index is 0.0397. The lowest BCUT2D eigenvalue weighted by atomic mass is 9.95. The summed E-state index contributed by atoms with van der Waals surface area (Å²) in [7, 11) is 0. The first-order chi connectivity index (χ1) is 22.3. The van der Waals surface area contributed by atoms with E-state index in [0.717, 1.165) is 22.7 Å². The van der Waals surface area contributed by atoms with E-state index < -0.39 is 35.7 Å². The molecule has 2 aliphatic heterocycles. The number of alkyl halides is 4. The summed E-state index contributed by atoms with van der Waals surface area (Å²) >= 11 is 6.59. The first-order valence-corrected chi connectivity index (χ1v) is 15.4.